The van der Waals surface area contributed by atoms with Crippen LogP contribution in [0.15, 0.2) is 115 Å². The van der Waals surface area contributed by atoms with Crippen LogP contribution >= 0.6 is 23.2 Å². The van der Waals surface area contributed by atoms with Crippen molar-refractivity contribution in [1.29, 1.82) is 0 Å². The van der Waals surface area contributed by atoms with Crippen molar-refractivity contribution in [1.82, 2.24) is 26.6 Å². The average molecular weight is 1200 g/mol. The van der Waals surface area contributed by atoms with Gasteiger partial charge in [-0.15, -0.1) is 0 Å². The Morgan fingerprint density at radius 1 is 0.529 bits per heavy atom. The van der Waals surface area contributed by atoms with Gasteiger partial charge in [0.15, 0.2) is 29.0 Å². The van der Waals surface area contributed by atoms with Crippen molar-refractivity contribution in [2.75, 3.05) is 6.61 Å². The summed E-state index contributed by atoms with van der Waals surface area (Å²) < 4.78 is 18.4. The molecule has 8 unspecified atom stereocenters. The van der Waals surface area contributed by atoms with E-state index in [1.165, 1.54) is 54.6 Å². The van der Waals surface area contributed by atoms with Gasteiger partial charge in [-0.05, 0) is 119 Å². The SMILES string of the molecule is NC1C(=O)NC(CO)Cc2ccc(c(Cl)c2)Oc2cc3cc(c2O)Oc2ccc(cc2Cl)C(O)C2NC(=O)C(NC(=O)C3NC(=O)C(N)c3cc(O)cc(c3)Oc3cc1ccc3O)c1ccc(O)c(c1)-c1c(O)cc(O)cc1C(C(=O)O)NC2=O. The molecule has 7 aromatic carbocycles. The molecule has 0 fully saturated rings. The van der Waals surface area contributed by atoms with Crippen LogP contribution in [0.2, 0.25) is 10.0 Å². The lowest BCUT2D eigenvalue weighted by atomic mass is 9.89. The Morgan fingerprint density at radius 3 is 1.80 bits per heavy atom. The summed E-state index contributed by atoms with van der Waals surface area (Å²) in [5.41, 5.74) is 11.3. The first kappa shape index (κ1) is 58.2. The highest BCUT2D eigenvalue weighted by molar-refractivity contribution is 6.32. The van der Waals surface area contributed by atoms with Gasteiger partial charge >= 0.3 is 5.97 Å². The van der Waals surface area contributed by atoms with Gasteiger partial charge in [0, 0.05) is 28.8 Å². The highest BCUT2D eigenvalue weighted by Gasteiger charge is 2.40. The summed E-state index contributed by atoms with van der Waals surface area (Å²) >= 11 is 13.6. The number of halogens is 2. The van der Waals surface area contributed by atoms with E-state index in [4.69, 9.17) is 48.9 Å². The van der Waals surface area contributed by atoms with E-state index in [2.05, 4.69) is 26.6 Å². The van der Waals surface area contributed by atoms with E-state index in [1.807, 2.05) is 0 Å². The predicted molar refractivity (Wildman–Crippen MR) is 298 cm³/mol. The third-order valence-corrected chi connectivity index (χ3v) is 14.8. The molecule has 5 amide bonds. The Balaban J connectivity index is 1.18. The summed E-state index contributed by atoms with van der Waals surface area (Å²) in [7, 11) is 0. The number of fused-ring (bicyclic) bond motifs is 15. The number of ether oxygens (including phenoxy) is 3. The maximum Gasteiger partial charge on any atom is 0.330 e. The van der Waals surface area contributed by atoms with Crippen LogP contribution in [0.5, 0.6) is 69.0 Å². The highest BCUT2D eigenvalue weighted by atomic mass is 35.5. The minimum absolute atomic E-state index is 0.0174. The first-order chi connectivity index (χ1) is 40.4. The number of benzene rings is 7. The minimum Gasteiger partial charge on any atom is -0.508 e. The lowest BCUT2D eigenvalue weighted by molar-refractivity contribution is -0.143. The fourth-order valence-electron chi connectivity index (χ4n) is 9.88. The predicted octanol–water partition coefficient (Wildman–Crippen LogP) is 4.81. The number of hydrogen-bond acceptors (Lipinski definition) is 19. The molecule has 438 valence electrons. The molecule has 5 aliphatic rings. The summed E-state index contributed by atoms with van der Waals surface area (Å²) in [6, 6.07) is 9.45. The van der Waals surface area contributed by atoms with Crippen molar-refractivity contribution < 1.29 is 88.9 Å². The van der Waals surface area contributed by atoms with E-state index in [0.29, 0.717) is 5.56 Å². The number of carbonyl (C=O) groups excluding carboxylic acids is 5. The summed E-state index contributed by atoms with van der Waals surface area (Å²) in [4.78, 5) is 86.4. The normalized spacial score (nSPS) is 21.6. The number of aromatic hydroxyl groups is 6. The van der Waals surface area contributed by atoms with Crippen LogP contribution in [-0.2, 0) is 35.2 Å². The number of aliphatic hydroxyl groups is 2. The first-order valence-electron chi connectivity index (χ1n) is 25.5. The summed E-state index contributed by atoms with van der Waals surface area (Å²) in [6.07, 6.45) is -2.13. The monoisotopic (exact) mass is 1200 g/mol. The average Bonchev–Trinajstić information content (AvgIpc) is 3.66. The van der Waals surface area contributed by atoms with Crippen molar-refractivity contribution >= 4 is 58.7 Å². The van der Waals surface area contributed by atoms with E-state index in [-0.39, 0.29) is 72.8 Å². The van der Waals surface area contributed by atoms with Crippen LogP contribution in [-0.4, -0.2) is 100 Å². The molecule has 25 nitrogen and oxygen atoms in total. The number of carbonyl (C=O) groups is 6. The van der Waals surface area contributed by atoms with E-state index in [1.54, 1.807) is 0 Å². The van der Waals surface area contributed by atoms with Gasteiger partial charge in [0.1, 0.15) is 76.6 Å². The summed E-state index contributed by atoms with van der Waals surface area (Å²) in [5, 5.41) is 112. The minimum atomic E-state index is -2.17. The quantitative estimate of drug-likeness (QED) is 0.110. The smallest absolute Gasteiger partial charge is 0.330 e. The number of hydrogen-bond donors (Lipinski definition) is 16. The molecule has 27 heteroatoms. The molecule has 18 N–H and O–H groups in total. The van der Waals surface area contributed by atoms with Crippen LogP contribution < -0.4 is 52.3 Å². The van der Waals surface area contributed by atoms with Crippen molar-refractivity contribution in [3.8, 4) is 80.1 Å². The molecule has 0 saturated heterocycles. The Bertz CT molecular complexity index is 3920. The van der Waals surface area contributed by atoms with Gasteiger partial charge in [-0.3, -0.25) is 24.0 Å². The maximum atomic E-state index is 15.5. The molecule has 5 aliphatic heterocycles. The standard InChI is InChI=1S/C58H49Cl2N7O18/c59-34-10-22-1-7-39(34)84-42-16-27-17-43(52(42)75)85-40-8-4-25(14-35(40)60)51(74)50-57(80)66-49(58(81)82)33-19-30(70)20-38(73)44(33)32-13-24(3-5-36(32)71)47(55(78)67-50)65-56(79)48(27)64-54(77)46(62)26-11-29(69)18-31(12-26)83-41-15-23(2-6-37(41)72)45(61)53(76)63-28(9-22)21-68/h1-8,10-20,28,45-51,68-75H,9,21,61-62H2,(H,63,76)(H,64,77)(H,65,79)(H,66,80)(H,67,78)(H,81,82). The zero-order valence-corrected chi connectivity index (χ0v) is 45.1. The Morgan fingerprint density at radius 2 is 1.12 bits per heavy atom. The van der Waals surface area contributed by atoms with Gasteiger partial charge in [-0.1, -0.05) is 47.5 Å². The van der Waals surface area contributed by atoms with Crippen molar-refractivity contribution in [3.63, 3.8) is 0 Å². The Hall–Kier alpha value is -10.0. The van der Waals surface area contributed by atoms with Crippen molar-refractivity contribution in [2.45, 2.75) is 54.8 Å². The number of carboxylic acid groups (broad SMARTS) is 1. The van der Waals surface area contributed by atoms with Crippen LogP contribution in [0, 0.1) is 0 Å². The number of phenols is 6. The molecule has 0 saturated carbocycles. The van der Waals surface area contributed by atoms with Crippen molar-refractivity contribution in [2.24, 2.45) is 11.5 Å². The van der Waals surface area contributed by atoms with Crippen LogP contribution in [0.4, 0.5) is 0 Å². The second-order valence-electron chi connectivity index (χ2n) is 20.0. The lowest BCUT2D eigenvalue weighted by Crippen LogP contribution is -2.55. The van der Waals surface area contributed by atoms with Gasteiger partial charge in [-0.25, -0.2) is 4.79 Å². The van der Waals surface area contributed by atoms with Crippen LogP contribution in [0.25, 0.3) is 11.1 Å². The van der Waals surface area contributed by atoms with Gasteiger partial charge in [0.05, 0.1) is 22.7 Å². The Labute approximate surface area is 489 Å². The summed E-state index contributed by atoms with van der Waals surface area (Å²) in [6.45, 7) is -0.568. The fraction of sp³-hybridized carbons (Fsp3) is 0.172. The number of aliphatic hydroxyl groups excluding tert-OH is 2. The molecule has 0 aromatic heterocycles. The molecular formula is C58H49Cl2N7O18. The number of aliphatic carboxylic acids is 1. The van der Waals surface area contributed by atoms with Gasteiger partial charge < -0.3 is 98.2 Å². The molecule has 15 bridgehead atoms. The Kier molecular flexibility index (Phi) is 16.0. The third kappa shape index (κ3) is 11.8. The third-order valence-electron chi connectivity index (χ3n) is 14.2. The molecule has 0 spiro atoms. The molecule has 8 atom stereocenters. The topological polar surface area (TPSA) is 424 Å². The van der Waals surface area contributed by atoms with Crippen LogP contribution in [0.1, 0.15) is 75.3 Å². The second kappa shape index (κ2) is 23.3. The molecule has 0 radical (unpaired) electrons. The number of nitrogens with two attached hydrogens (primary N) is 2. The van der Waals surface area contributed by atoms with E-state index < -0.39 is 148 Å². The number of rotatable bonds is 2. The number of nitrogens with one attached hydrogen (secondary N) is 5. The number of carboxylic acids is 1. The zero-order chi connectivity index (χ0) is 60.9. The fourth-order valence-corrected chi connectivity index (χ4v) is 10.4. The second-order valence-corrected chi connectivity index (χ2v) is 20.8. The largest absolute Gasteiger partial charge is 0.508 e. The van der Waals surface area contributed by atoms with Crippen LogP contribution in [0.3, 0.4) is 0 Å². The molecule has 7 aromatic rings. The molecular weight excluding hydrogens is 1150 g/mol. The summed E-state index contributed by atoms with van der Waals surface area (Å²) in [5.74, 6) is -13.5. The number of phenolic OH excluding ortho intramolecular Hbond substituents is 6. The zero-order valence-electron chi connectivity index (χ0n) is 43.6. The molecule has 12 rings (SSSR count). The van der Waals surface area contributed by atoms with Gasteiger partial charge in [-0.2, -0.15) is 0 Å². The molecule has 5 heterocycles. The molecule has 0 aliphatic carbocycles. The number of amides is 5. The first-order valence-corrected chi connectivity index (χ1v) is 26.3. The van der Waals surface area contributed by atoms with Crippen molar-refractivity contribution in [3.05, 3.63) is 164 Å². The van der Waals surface area contributed by atoms with Gasteiger partial charge in [0.2, 0.25) is 35.3 Å². The van der Waals surface area contributed by atoms with Gasteiger partial charge in [0.25, 0.3) is 0 Å². The van der Waals surface area contributed by atoms with E-state index >= 15 is 9.59 Å². The van der Waals surface area contributed by atoms with E-state index in [0.717, 1.165) is 60.7 Å². The highest BCUT2D eigenvalue weighted by Crippen LogP contribution is 2.48. The van der Waals surface area contributed by atoms with E-state index in [9.17, 15) is 65.1 Å². The maximum absolute atomic E-state index is 15.5. The molecule has 85 heavy (non-hydrogen) atoms. The lowest BCUT2D eigenvalue weighted by Gasteiger charge is -2.31.